The Morgan fingerprint density at radius 1 is 1.40 bits per heavy atom. The molecule has 1 aromatic rings. The largest absolute Gasteiger partial charge is 0.491 e. The molecule has 0 bridgehead atoms. The number of rotatable bonds is 5. The quantitative estimate of drug-likeness (QED) is 0.835. The van der Waals surface area contributed by atoms with Gasteiger partial charge in [0.15, 0.2) is 0 Å². The van der Waals surface area contributed by atoms with Gasteiger partial charge in [0.05, 0.1) is 5.02 Å². The van der Waals surface area contributed by atoms with E-state index in [-0.39, 0.29) is 0 Å². The van der Waals surface area contributed by atoms with Crippen molar-refractivity contribution in [2.24, 2.45) is 5.73 Å². The van der Waals surface area contributed by atoms with Crippen molar-refractivity contribution in [2.45, 2.75) is 6.54 Å². The first-order valence-electron chi connectivity index (χ1n) is 4.89. The molecule has 0 saturated heterocycles. The summed E-state index contributed by atoms with van der Waals surface area (Å²) >= 11 is 6.03. The first-order chi connectivity index (χ1) is 7.13. The summed E-state index contributed by atoms with van der Waals surface area (Å²) in [5, 5.41) is 0.622. The SMILES string of the molecule is CN(C)CCOc1ccc(CN)cc1Cl. The minimum absolute atomic E-state index is 0.498. The number of benzene rings is 1. The molecule has 0 fully saturated rings. The summed E-state index contributed by atoms with van der Waals surface area (Å²) in [5.41, 5.74) is 6.52. The van der Waals surface area contributed by atoms with Crippen molar-refractivity contribution >= 4 is 11.6 Å². The first kappa shape index (κ1) is 12.3. The number of nitrogens with zero attached hydrogens (tertiary/aromatic N) is 1. The Morgan fingerprint density at radius 2 is 2.13 bits per heavy atom. The molecule has 84 valence electrons. The van der Waals surface area contributed by atoms with Crippen LogP contribution in [0.25, 0.3) is 0 Å². The first-order valence-corrected chi connectivity index (χ1v) is 5.27. The summed E-state index contributed by atoms with van der Waals surface area (Å²) in [6.45, 7) is 2.00. The maximum absolute atomic E-state index is 6.03. The molecule has 3 nitrogen and oxygen atoms in total. The molecule has 0 aliphatic rings. The van der Waals surface area contributed by atoms with Crippen LogP contribution in [0.15, 0.2) is 18.2 Å². The van der Waals surface area contributed by atoms with E-state index >= 15 is 0 Å². The molecule has 0 unspecified atom stereocenters. The van der Waals surface area contributed by atoms with Crippen molar-refractivity contribution in [3.8, 4) is 5.75 Å². The number of likely N-dealkylation sites (N-methyl/N-ethyl adjacent to an activating group) is 1. The van der Waals surface area contributed by atoms with Gasteiger partial charge in [-0.25, -0.2) is 0 Å². The second-order valence-electron chi connectivity index (χ2n) is 3.62. The summed E-state index contributed by atoms with van der Waals surface area (Å²) in [7, 11) is 4.00. The van der Waals surface area contributed by atoms with Crippen molar-refractivity contribution < 1.29 is 4.74 Å². The highest BCUT2D eigenvalue weighted by Crippen LogP contribution is 2.25. The van der Waals surface area contributed by atoms with Crippen LogP contribution in [0.1, 0.15) is 5.56 Å². The molecule has 15 heavy (non-hydrogen) atoms. The summed E-state index contributed by atoms with van der Waals surface area (Å²) in [6.07, 6.45) is 0. The monoisotopic (exact) mass is 228 g/mol. The normalized spacial score (nSPS) is 10.7. The van der Waals surface area contributed by atoms with Crippen LogP contribution in [0.5, 0.6) is 5.75 Å². The van der Waals surface area contributed by atoms with Gasteiger partial charge in [0.25, 0.3) is 0 Å². The third kappa shape index (κ3) is 4.08. The molecule has 0 spiro atoms. The van der Waals surface area contributed by atoms with Crippen LogP contribution in [-0.4, -0.2) is 32.1 Å². The zero-order chi connectivity index (χ0) is 11.3. The fourth-order valence-corrected chi connectivity index (χ4v) is 1.38. The van der Waals surface area contributed by atoms with E-state index in [4.69, 9.17) is 22.1 Å². The Balaban J connectivity index is 2.54. The zero-order valence-electron chi connectivity index (χ0n) is 9.16. The highest BCUT2D eigenvalue weighted by atomic mass is 35.5. The van der Waals surface area contributed by atoms with E-state index in [9.17, 15) is 0 Å². The van der Waals surface area contributed by atoms with E-state index in [2.05, 4.69) is 4.90 Å². The number of halogens is 1. The lowest BCUT2D eigenvalue weighted by Gasteiger charge is -2.12. The minimum Gasteiger partial charge on any atom is -0.491 e. The van der Waals surface area contributed by atoms with Crippen LogP contribution in [0, 0.1) is 0 Å². The Hall–Kier alpha value is -0.770. The van der Waals surface area contributed by atoms with Gasteiger partial charge in [0.1, 0.15) is 12.4 Å². The maximum atomic E-state index is 6.03. The third-order valence-electron chi connectivity index (χ3n) is 2.03. The average molecular weight is 229 g/mol. The molecule has 4 heteroatoms. The van der Waals surface area contributed by atoms with Crippen LogP contribution in [0.4, 0.5) is 0 Å². The van der Waals surface area contributed by atoms with Gasteiger partial charge in [-0.2, -0.15) is 0 Å². The number of hydrogen-bond acceptors (Lipinski definition) is 3. The fraction of sp³-hybridized carbons (Fsp3) is 0.455. The second-order valence-corrected chi connectivity index (χ2v) is 4.03. The Labute approximate surface area is 95.8 Å². The molecule has 0 atom stereocenters. The average Bonchev–Trinajstić information content (AvgIpc) is 2.20. The van der Waals surface area contributed by atoms with Gasteiger partial charge in [0, 0.05) is 13.1 Å². The highest BCUT2D eigenvalue weighted by Gasteiger charge is 2.02. The molecule has 1 aromatic carbocycles. The van der Waals surface area contributed by atoms with Crippen molar-refractivity contribution in [3.63, 3.8) is 0 Å². The maximum Gasteiger partial charge on any atom is 0.137 e. The van der Waals surface area contributed by atoms with Crippen molar-refractivity contribution in [1.82, 2.24) is 4.90 Å². The van der Waals surface area contributed by atoms with E-state index in [0.717, 1.165) is 17.9 Å². The van der Waals surface area contributed by atoms with E-state index in [1.54, 1.807) is 0 Å². The summed E-state index contributed by atoms with van der Waals surface area (Å²) in [6, 6.07) is 5.63. The van der Waals surface area contributed by atoms with E-state index in [0.29, 0.717) is 18.2 Å². The van der Waals surface area contributed by atoms with Gasteiger partial charge in [-0.3, -0.25) is 0 Å². The van der Waals surface area contributed by atoms with Gasteiger partial charge >= 0.3 is 0 Å². The smallest absolute Gasteiger partial charge is 0.137 e. The molecule has 1 rings (SSSR count). The van der Waals surface area contributed by atoms with E-state index in [1.807, 2.05) is 32.3 Å². The number of nitrogens with two attached hydrogens (primary N) is 1. The summed E-state index contributed by atoms with van der Waals surface area (Å²) in [4.78, 5) is 2.06. The molecule has 0 aliphatic heterocycles. The second kappa shape index (κ2) is 5.95. The predicted molar refractivity (Wildman–Crippen MR) is 63.4 cm³/mol. The van der Waals surface area contributed by atoms with Crippen LogP contribution >= 0.6 is 11.6 Å². The van der Waals surface area contributed by atoms with Gasteiger partial charge in [-0.05, 0) is 31.8 Å². The Kier molecular flexibility index (Phi) is 4.88. The van der Waals surface area contributed by atoms with Crippen molar-refractivity contribution in [1.29, 1.82) is 0 Å². The van der Waals surface area contributed by atoms with Crippen LogP contribution < -0.4 is 10.5 Å². The van der Waals surface area contributed by atoms with Gasteiger partial charge in [0.2, 0.25) is 0 Å². The number of hydrogen-bond donors (Lipinski definition) is 1. The lowest BCUT2D eigenvalue weighted by Crippen LogP contribution is -2.19. The highest BCUT2D eigenvalue weighted by molar-refractivity contribution is 6.32. The van der Waals surface area contributed by atoms with Crippen LogP contribution in [0.2, 0.25) is 5.02 Å². The van der Waals surface area contributed by atoms with Gasteiger partial charge in [-0.15, -0.1) is 0 Å². The molecule has 0 radical (unpaired) electrons. The molecule has 0 amide bonds. The predicted octanol–water partition coefficient (Wildman–Crippen LogP) is 1.74. The fourth-order valence-electron chi connectivity index (χ4n) is 1.13. The Morgan fingerprint density at radius 3 is 2.67 bits per heavy atom. The van der Waals surface area contributed by atoms with Gasteiger partial charge in [-0.1, -0.05) is 17.7 Å². The van der Waals surface area contributed by atoms with E-state index < -0.39 is 0 Å². The minimum atomic E-state index is 0.498. The summed E-state index contributed by atoms with van der Waals surface area (Å²) < 4.78 is 5.53. The lowest BCUT2D eigenvalue weighted by atomic mass is 10.2. The van der Waals surface area contributed by atoms with Crippen molar-refractivity contribution in [3.05, 3.63) is 28.8 Å². The topological polar surface area (TPSA) is 38.5 Å². The van der Waals surface area contributed by atoms with E-state index in [1.165, 1.54) is 0 Å². The molecule has 0 aromatic heterocycles. The molecular weight excluding hydrogens is 212 g/mol. The summed E-state index contributed by atoms with van der Waals surface area (Å²) in [5.74, 6) is 0.718. The molecular formula is C11H17ClN2O. The van der Waals surface area contributed by atoms with Crippen LogP contribution in [-0.2, 0) is 6.54 Å². The molecule has 0 saturated carbocycles. The van der Waals surface area contributed by atoms with Gasteiger partial charge < -0.3 is 15.4 Å². The molecule has 0 heterocycles. The number of ether oxygens (including phenoxy) is 1. The molecule has 2 N–H and O–H groups in total. The zero-order valence-corrected chi connectivity index (χ0v) is 9.92. The van der Waals surface area contributed by atoms with Crippen LogP contribution in [0.3, 0.4) is 0 Å². The Bertz CT molecular complexity index is 315. The third-order valence-corrected chi connectivity index (χ3v) is 2.32. The standard InChI is InChI=1S/C11H17ClN2O/c1-14(2)5-6-15-11-4-3-9(8-13)7-10(11)12/h3-4,7H,5-6,8,13H2,1-2H3. The van der Waals surface area contributed by atoms with Crippen molar-refractivity contribution in [2.75, 3.05) is 27.2 Å². The lowest BCUT2D eigenvalue weighted by molar-refractivity contribution is 0.261. The molecule has 0 aliphatic carbocycles.